The van der Waals surface area contributed by atoms with Crippen LogP contribution in [0.5, 0.6) is 28.7 Å². The Bertz CT molecular complexity index is 1270. The Morgan fingerprint density at radius 2 is 1.39 bits per heavy atom. The number of benzene rings is 2. The van der Waals surface area contributed by atoms with Crippen molar-refractivity contribution in [2.75, 3.05) is 0 Å². The van der Waals surface area contributed by atoms with Gasteiger partial charge in [-0.3, -0.25) is 4.79 Å². The third-order valence-corrected chi connectivity index (χ3v) is 7.51. The van der Waals surface area contributed by atoms with Crippen molar-refractivity contribution in [3.63, 3.8) is 0 Å². The minimum Gasteiger partial charge on any atom is -0.508 e. The van der Waals surface area contributed by atoms with Gasteiger partial charge >= 0.3 is 0 Å². The van der Waals surface area contributed by atoms with Crippen LogP contribution in [0, 0.1) is 0 Å². The summed E-state index contributed by atoms with van der Waals surface area (Å²) in [4.78, 5) is 12.9. The van der Waals surface area contributed by atoms with Gasteiger partial charge in [-0.25, -0.2) is 0 Å². The van der Waals surface area contributed by atoms with E-state index in [1.54, 1.807) is 12.1 Å². The first-order valence-corrected chi connectivity index (χ1v) is 13.0. The number of aromatic hydroxyl groups is 3. The number of phenols is 3. The quantitative estimate of drug-likeness (QED) is 0.210. The number of rotatable bonds is 5. The number of aliphatic hydroxyl groups is 5. The zero-order valence-corrected chi connectivity index (χ0v) is 22.0. The van der Waals surface area contributed by atoms with Crippen molar-refractivity contribution in [2.45, 2.75) is 87.8 Å². The number of carbonyl (C=O) groups is 1. The zero-order chi connectivity index (χ0) is 29.7. The summed E-state index contributed by atoms with van der Waals surface area (Å²) >= 11 is 0. The van der Waals surface area contributed by atoms with Crippen molar-refractivity contribution in [3.05, 3.63) is 41.5 Å². The van der Waals surface area contributed by atoms with Crippen molar-refractivity contribution in [1.29, 1.82) is 0 Å². The summed E-state index contributed by atoms with van der Waals surface area (Å²) in [5.41, 5.74) is 0.297. The first-order chi connectivity index (χ1) is 19.4. The van der Waals surface area contributed by atoms with E-state index in [1.807, 2.05) is 0 Å². The molecule has 11 atom stereocenters. The van der Waals surface area contributed by atoms with Gasteiger partial charge in [0.15, 0.2) is 29.7 Å². The first-order valence-electron chi connectivity index (χ1n) is 13.0. The van der Waals surface area contributed by atoms with Crippen LogP contribution in [0.1, 0.15) is 42.3 Å². The summed E-state index contributed by atoms with van der Waals surface area (Å²) < 4.78 is 28.5. The molecule has 3 aliphatic rings. The average Bonchev–Trinajstić information content (AvgIpc) is 2.93. The highest BCUT2D eigenvalue weighted by Crippen LogP contribution is 2.49. The Morgan fingerprint density at radius 1 is 0.780 bits per heavy atom. The number of phenolic OH excluding ortho intramolecular Hbond substituents is 3. The molecule has 3 aliphatic heterocycles. The number of carbonyl (C=O) groups excluding carboxylic acids is 1. The predicted molar refractivity (Wildman–Crippen MR) is 134 cm³/mol. The van der Waals surface area contributed by atoms with Gasteiger partial charge in [-0.1, -0.05) is 12.1 Å². The monoisotopic (exact) mass is 580 g/mol. The predicted octanol–water partition coefficient (Wildman–Crippen LogP) is -0.432. The topological polar surface area (TPSA) is 225 Å². The van der Waals surface area contributed by atoms with E-state index in [1.165, 1.54) is 26.0 Å². The standard InChI is InChI=1S/C27H32O14/c1-9-18(30)22(34)24(36)26(37-9)41-25-23(35)19(31)10(2)38-27(25)40-16-8-15-17(21(33)20(16)32)13(29)7-14(39-15)11-3-5-12(28)6-4-11/h3-6,8-10,14,18-19,22-28,30-36H,7H2,1-2H3. The van der Waals surface area contributed by atoms with Gasteiger partial charge < -0.3 is 64.5 Å². The highest BCUT2D eigenvalue weighted by Gasteiger charge is 2.50. The molecule has 8 N–H and O–H groups in total. The van der Waals surface area contributed by atoms with Crippen LogP contribution in [0.25, 0.3) is 0 Å². The second kappa shape index (κ2) is 11.2. The summed E-state index contributed by atoms with van der Waals surface area (Å²) in [6.45, 7) is 2.86. The van der Waals surface area contributed by atoms with Gasteiger partial charge in [0.1, 0.15) is 53.7 Å². The molecule has 5 rings (SSSR count). The smallest absolute Gasteiger partial charge is 0.229 e. The zero-order valence-electron chi connectivity index (χ0n) is 22.0. The van der Waals surface area contributed by atoms with Crippen LogP contribution in [-0.4, -0.2) is 108 Å². The molecule has 2 aromatic rings. The largest absolute Gasteiger partial charge is 0.508 e. The molecule has 224 valence electrons. The molecule has 0 bridgehead atoms. The van der Waals surface area contributed by atoms with Gasteiger partial charge in [0.2, 0.25) is 12.0 Å². The van der Waals surface area contributed by atoms with Crippen LogP contribution < -0.4 is 9.47 Å². The SMILES string of the molecule is CC1OC(OC2C(Oc3cc4c(c(O)c3O)C(=O)CC(c3ccc(O)cc3)O4)OC(C)C(O)C2O)C(O)C(O)C1O. The van der Waals surface area contributed by atoms with Crippen molar-refractivity contribution in [3.8, 4) is 28.7 Å². The molecule has 14 heteroatoms. The van der Waals surface area contributed by atoms with E-state index < -0.39 is 90.5 Å². The summed E-state index contributed by atoms with van der Waals surface area (Å²) in [5.74, 6) is -2.70. The Hall–Kier alpha value is -3.21. The summed E-state index contributed by atoms with van der Waals surface area (Å²) in [5, 5.41) is 82.7. The number of Topliss-reactive ketones (excluding diaryl/α,β-unsaturated/α-hetero) is 1. The molecule has 2 aromatic carbocycles. The van der Waals surface area contributed by atoms with E-state index in [4.69, 9.17) is 23.7 Å². The second-order valence-electron chi connectivity index (χ2n) is 10.4. The molecule has 0 saturated carbocycles. The molecule has 0 radical (unpaired) electrons. The fourth-order valence-electron chi connectivity index (χ4n) is 5.05. The Labute approximate surface area is 233 Å². The normalized spacial score (nSPS) is 37.2. The van der Waals surface area contributed by atoms with E-state index in [2.05, 4.69) is 0 Å². The lowest BCUT2D eigenvalue weighted by Gasteiger charge is -2.45. The van der Waals surface area contributed by atoms with Crippen molar-refractivity contribution in [1.82, 2.24) is 0 Å². The molecular weight excluding hydrogens is 548 g/mol. The van der Waals surface area contributed by atoms with Gasteiger partial charge in [0.25, 0.3) is 0 Å². The molecule has 11 unspecified atom stereocenters. The van der Waals surface area contributed by atoms with E-state index in [9.17, 15) is 45.6 Å². The lowest BCUT2D eigenvalue weighted by Crippen LogP contribution is -2.63. The number of fused-ring (bicyclic) bond motifs is 1. The molecule has 2 fully saturated rings. The van der Waals surface area contributed by atoms with Gasteiger partial charge in [0, 0.05) is 6.07 Å². The maximum Gasteiger partial charge on any atom is 0.229 e. The van der Waals surface area contributed by atoms with Crippen LogP contribution in [-0.2, 0) is 14.2 Å². The fourth-order valence-corrected chi connectivity index (χ4v) is 5.05. The van der Waals surface area contributed by atoms with Crippen LogP contribution in [0.4, 0.5) is 0 Å². The van der Waals surface area contributed by atoms with Crippen molar-refractivity contribution in [2.24, 2.45) is 0 Å². The molecule has 0 spiro atoms. The van der Waals surface area contributed by atoms with Gasteiger partial charge in [-0.2, -0.15) is 0 Å². The minimum absolute atomic E-state index is 0.0200. The van der Waals surface area contributed by atoms with E-state index in [0.717, 1.165) is 6.07 Å². The molecule has 0 aliphatic carbocycles. The van der Waals surface area contributed by atoms with E-state index >= 15 is 0 Å². The number of aliphatic hydroxyl groups excluding tert-OH is 5. The molecular formula is C27H32O14. The van der Waals surface area contributed by atoms with Crippen LogP contribution >= 0.6 is 0 Å². The maximum atomic E-state index is 12.9. The molecule has 0 amide bonds. The number of ketones is 1. The summed E-state index contributed by atoms with van der Waals surface area (Å²) in [6.07, 6.45) is -15.6. The van der Waals surface area contributed by atoms with Crippen LogP contribution in [0.3, 0.4) is 0 Å². The number of ether oxygens (including phenoxy) is 5. The summed E-state index contributed by atoms with van der Waals surface area (Å²) in [6, 6.07) is 7.14. The highest BCUT2D eigenvalue weighted by molar-refractivity contribution is 6.03. The Kier molecular flexibility index (Phi) is 8.02. The third kappa shape index (κ3) is 5.40. The maximum absolute atomic E-state index is 12.9. The lowest BCUT2D eigenvalue weighted by molar-refractivity contribution is -0.352. The number of hydrogen-bond acceptors (Lipinski definition) is 14. The molecule has 41 heavy (non-hydrogen) atoms. The Morgan fingerprint density at radius 3 is 2.05 bits per heavy atom. The fraction of sp³-hybridized carbons (Fsp3) is 0.519. The van der Waals surface area contributed by atoms with E-state index in [0.29, 0.717) is 5.56 Å². The van der Waals surface area contributed by atoms with E-state index in [-0.39, 0.29) is 23.5 Å². The average molecular weight is 581 g/mol. The third-order valence-electron chi connectivity index (χ3n) is 7.51. The van der Waals surface area contributed by atoms with Crippen molar-refractivity contribution < 1.29 is 69.3 Å². The van der Waals surface area contributed by atoms with Crippen LogP contribution in [0.15, 0.2) is 30.3 Å². The molecule has 3 heterocycles. The second-order valence-corrected chi connectivity index (χ2v) is 10.4. The molecule has 2 saturated heterocycles. The van der Waals surface area contributed by atoms with Crippen LogP contribution in [0.2, 0.25) is 0 Å². The summed E-state index contributed by atoms with van der Waals surface area (Å²) in [7, 11) is 0. The van der Waals surface area contributed by atoms with Gasteiger partial charge in [-0.15, -0.1) is 0 Å². The van der Waals surface area contributed by atoms with Gasteiger partial charge in [0.05, 0.1) is 18.6 Å². The molecule has 0 aromatic heterocycles. The Balaban J connectivity index is 1.43. The van der Waals surface area contributed by atoms with Gasteiger partial charge in [-0.05, 0) is 31.5 Å². The first kappa shape index (κ1) is 29.3. The highest BCUT2D eigenvalue weighted by atomic mass is 16.8. The lowest BCUT2D eigenvalue weighted by atomic mass is 9.95. The van der Waals surface area contributed by atoms with Crippen molar-refractivity contribution >= 4 is 5.78 Å². The number of hydrogen-bond donors (Lipinski definition) is 8. The molecule has 14 nitrogen and oxygen atoms in total. The minimum atomic E-state index is -1.75.